The number of nitrogens with one attached hydrogen (secondary N) is 2. The van der Waals surface area contributed by atoms with E-state index in [9.17, 15) is 4.79 Å². The molecular weight excluding hydrogens is 430 g/mol. The predicted octanol–water partition coefficient (Wildman–Crippen LogP) is 4.91. The highest BCUT2D eigenvalue weighted by atomic mass is 79.9. The van der Waals surface area contributed by atoms with Gasteiger partial charge in [0.15, 0.2) is 16.6 Å². The lowest BCUT2D eigenvalue weighted by Gasteiger charge is -2.10. The van der Waals surface area contributed by atoms with Crippen LogP contribution in [-0.4, -0.2) is 25.2 Å². The highest BCUT2D eigenvalue weighted by Crippen LogP contribution is 2.28. The van der Waals surface area contributed by atoms with Crippen molar-refractivity contribution in [3.63, 3.8) is 0 Å². The Labute approximate surface area is 169 Å². The van der Waals surface area contributed by atoms with E-state index in [1.807, 2.05) is 41.8 Å². The summed E-state index contributed by atoms with van der Waals surface area (Å²) in [6.07, 6.45) is 0. The van der Waals surface area contributed by atoms with Gasteiger partial charge in [0.2, 0.25) is 0 Å². The average Bonchev–Trinajstić information content (AvgIpc) is 3.15. The second-order valence-corrected chi connectivity index (χ2v) is 7.32. The van der Waals surface area contributed by atoms with Gasteiger partial charge in [0.05, 0.1) is 19.9 Å². The Bertz CT molecular complexity index is 928. The van der Waals surface area contributed by atoms with Gasteiger partial charge in [0, 0.05) is 22.0 Å². The van der Waals surface area contributed by atoms with Gasteiger partial charge in [-0.25, -0.2) is 9.78 Å². The van der Waals surface area contributed by atoms with Crippen LogP contribution >= 0.6 is 27.3 Å². The van der Waals surface area contributed by atoms with E-state index in [4.69, 9.17) is 9.47 Å². The molecule has 1 heterocycles. The number of carbonyl (C=O) groups is 1. The Kier molecular flexibility index (Phi) is 6.31. The molecule has 0 saturated carbocycles. The number of hydrogen-bond donors (Lipinski definition) is 2. The van der Waals surface area contributed by atoms with E-state index >= 15 is 0 Å². The number of aromatic nitrogens is 1. The van der Waals surface area contributed by atoms with Crippen LogP contribution in [0.5, 0.6) is 11.5 Å². The van der Waals surface area contributed by atoms with Crippen LogP contribution in [0, 0.1) is 0 Å². The zero-order valence-corrected chi connectivity index (χ0v) is 17.2. The van der Waals surface area contributed by atoms with Crippen LogP contribution < -0.4 is 20.1 Å². The minimum Gasteiger partial charge on any atom is -0.493 e. The maximum Gasteiger partial charge on any atom is 0.321 e. The number of urea groups is 1. The van der Waals surface area contributed by atoms with Gasteiger partial charge in [0.1, 0.15) is 0 Å². The maximum atomic E-state index is 12.1. The molecule has 0 aliphatic carbocycles. The predicted molar refractivity (Wildman–Crippen MR) is 111 cm³/mol. The van der Waals surface area contributed by atoms with Gasteiger partial charge in [-0.3, -0.25) is 5.32 Å². The Balaban J connectivity index is 1.58. The smallest absolute Gasteiger partial charge is 0.321 e. The standard InChI is InChI=1S/C19H18BrN3O3S/c1-25-16-8-3-12(9-17(16)26-2)10-21-18(24)23-19-22-15(11-27-19)13-4-6-14(20)7-5-13/h3-9,11H,10H2,1-2H3,(H2,21,22,23,24). The molecule has 27 heavy (non-hydrogen) atoms. The van der Waals surface area contributed by atoms with Crippen molar-refractivity contribution >= 4 is 38.4 Å². The number of anilines is 1. The van der Waals surface area contributed by atoms with Crippen molar-refractivity contribution in [2.45, 2.75) is 6.54 Å². The molecule has 2 aromatic carbocycles. The van der Waals surface area contributed by atoms with Gasteiger partial charge in [-0.15, -0.1) is 11.3 Å². The first-order valence-corrected chi connectivity index (χ1v) is 9.73. The Morgan fingerprint density at radius 1 is 1.11 bits per heavy atom. The third-order valence-corrected chi connectivity index (χ3v) is 5.05. The first-order chi connectivity index (χ1) is 13.1. The summed E-state index contributed by atoms with van der Waals surface area (Å²) >= 11 is 4.79. The molecule has 2 N–H and O–H groups in total. The molecule has 3 rings (SSSR count). The van der Waals surface area contributed by atoms with Gasteiger partial charge < -0.3 is 14.8 Å². The molecule has 0 spiro atoms. The summed E-state index contributed by atoms with van der Waals surface area (Å²) in [6.45, 7) is 0.358. The highest BCUT2D eigenvalue weighted by Gasteiger charge is 2.09. The van der Waals surface area contributed by atoms with Gasteiger partial charge in [-0.05, 0) is 29.8 Å². The third kappa shape index (κ3) is 4.99. The fourth-order valence-corrected chi connectivity index (χ4v) is 3.38. The van der Waals surface area contributed by atoms with E-state index in [-0.39, 0.29) is 6.03 Å². The van der Waals surface area contributed by atoms with E-state index in [0.29, 0.717) is 23.2 Å². The van der Waals surface area contributed by atoms with Crippen molar-refractivity contribution in [2.24, 2.45) is 0 Å². The van der Waals surface area contributed by atoms with Crippen molar-refractivity contribution < 1.29 is 14.3 Å². The molecule has 8 heteroatoms. The first kappa shape index (κ1) is 19.2. The molecule has 140 valence electrons. The number of hydrogen-bond acceptors (Lipinski definition) is 5. The van der Waals surface area contributed by atoms with Gasteiger partial charge in [-0.1, -0.05) is 34.1 Å². The molecule has 0 unspecified atom stereocenters. The third-order valence-electron chi connectivity index (χ3n) is 3.77. The Morgan fingerprint density at radius 2 is 1.85 bits per heavy atom. The summed E-state index contributed by atoms with van der Waals surface area (Å²) in [6, 6.07) is 13.0. The topological polar surface area (TPSA) is 72.5 Å². The Morgan fingerprint density at radius 3 is 2.56 bits per heavy atom. The second kappa shape index (κ2) is 8.88. The number of nitrogens with zero attached hydrogens (tertiary/aromatic N) is 1. The fourth-order valence-electron chi connectivity index (χ4n) is 2.40. The number of ether oxygens (including phenoxy) is 2. The number of thiazole rings is 1. The van der Waals surface area contributed by atoms with Gasteiger partial charge in [0.25, 0.3) is 0 Å². The van der Waals surface area contributed by atoms with Gasteiger partial charge >= 0.3 is 6.03 Å². The van der Waals surface area contributed by atoms with Crippen LogP contribution in [0.4, 0.5) is 9.93 Å². The van der Waals surface area contributed by atoms with Crippen LogP contribution in [-0.2, 0) is 6.54 Å². The van der Waals surface area contributed by atoms with E-state index < -0.39 is 0 Å². The number of rotatable bonds is 6. The summed E-state index contributed by atoms with van der Waals surface area (Å²) in [5.41, 5.74) is 2.72. The molecule has 0 saturated heterocycles. The molecule has 0 atom stereocenters. The van der Waals surface area contributed by atoms with Gasteiger partial charge in [-0.2, -0.15) is 0 Å². The molecule has 0 radical (unpaired) electrons. The van der Waals surface area contributed by atoms with Crippen molar-refractivity contribution in [3.8, 4) is 22.8 Å². The summed E-state index contributed by atoms with van der Waals surface area (Å²) in [4.78, 5) is 16.6. The minimum absolute atomic E-state index is 0.318. The molecule has 6 nitrogen and oxygen atoms in total. The van der Waals surface area contributed by atoms with Crippen LogP contribution in [0.2, 0.25) is 0 Å². The number of amides is 2. The highest BCUT2D eigenvalue weighted by molar-refractivity contribution is 9.10. The molecule has 0 aliphatic rings. The quantitative estimate of drug-likeness (QED) is 0.562. The lowest BCUT2D eigenvalue weighted by atomic mass is 10.2. The number of carbonyl (C=O) groups excluding carboxylic acids is 1. The van der Waals surface area contributed by atoms with Crippen LogP contribution in [0.25, 0.3) is 11.3 Å². The zero-order chi connectivity index (χ0) is 19.2. The maximum absolute atomic E-state index is 12.1. The molecule has 0 aliphatic heterocycles. The first-order valence-electron chi connectivity index (χ1n) is 8.06. The molecular formula is C19H18BrN3O3S. The van der Waals surface area contributed by atoms with E-state index in [1.54, 1.807) is 20.3 Å². The number of benzene rings is 2. The number of methoxy groups -OCH3 is 2. The lowest BCUT2D eigenvalue weighted by Crippen LogP contribution is -2.28. The lowest BCUT2D eigenvalue weighted by molar-refractivity contribution is 0.251. The van der Waals surface area contributed by atoms with Crippen LogP contribution in [0.15, 0.2) is 52.3 Å². The van der Waals surface area contributed by atoms with E-state index in [1.165, 1.54) is 11.3 Å². The summed E-state index contributed by atoms with van der Waals surface area (Å²) < 4.78 is 11.5. The van der Waals surface area contributed by atoms with E-state index in [2.05, 4.69) is 31.5 Å². The summed E-state index contributed by atoms with van der Waals surface area (Å²) in [5, 5.41) is 8.01. The normalized spacial score (nSPS) is 10.3. The van der Waals surface area contributed by atoms with Crippen LogP contribution in [0.1, 0.15) is 5.56 Å². The summed E-state index contributed by atoms with van der Waals surface area (Å²) in [5.74, 6) is 1.27. The molecule has 3 aromatic rings. The molecule has 0 fully saturated rings. The molecule has 2 amide bonds. The SMILES string of the molecule is COc1ccc(CNC(=O)Nc2nc(-c3ccc(Br)cc3)cs2)cc1OC. The monoisotopic (exact) mass is 447 g/mol. The van der Waals surface area contributed by atoms with Crippen molar-refractivity contribution in [3.05, 3.63) is 57.9 Å². The zero-order valence-electron chi connectivity index (χ0n) is 14.8. The number of halogens is 1. The largest absolute Gasteiger partial charge is 0.493 e. The van der Waals surface area contributed by atoms with E-state index in [0.717, 1.165) is 21.3 Å². The van der Waals surface area contributed by atoms with Crippen molar-refractivity contribution in [1.82, 2.24) is 10.3 Å². The van der Waals surface area contributed by atoms with Crippen LogP contribution in [0.3, 0.4) is 0 Å². The fraction of sp³-hybridized carbons (Fsp3) is 0.158. The van der Waals surface area contributed by atoms with Crippen molar-refractivity contribution in [2.75, 3.05) is 19.5 Å². The average molecular weight is 448 g/mol. The summed E-state index contributed by atoms with van der Waals surface area (Å²) in [7, 11) is 3.16. The molecule has 0 bridgehead atoms. The molecule has 1 aromatic heterocycles. The minimum atomic E-state index is -0.318. The Hall–Kier alpha value is -2.58. The van der Waals surface area contributed by atoms with Crippen molar-refractivity contribution in [1.29, 1.82) is 0 Å². The second-order valence-electron chi connectivity index (χ2n) is 5.54.